The quantitative estimate of drug-likeness (QED) is 0.219. The predicted octanol–water partition coefficient (Wildman–Crippen LogP) is 6.76. The number of aromatic nitrogens is 1. The fraction of sp³-hybridized carbons (Fsp3) is 0.312. The maximum atomic E-state index is 13.1. The zero-order valence-corrected chi connectivity index (χ0v) is 22.9. The highest BCUT2D eigenvalue weighted by Gasteiger charge is 2.21. The van der Waals surface area contributed by atoms with Crippen LogP contribution in [-0.4, -0.2) is 58.2 Å². The number of aromatic hydroxyl groups is 1. The number of nitrogens with one attached hydrogen (secondary N) is 1. The van der Waals surface area contributed by atoms with Gasteiger partial charge in [0, 0.05) is 42.2 Å². The van der Waals surface area contributed by atoms with Gasteiger partial charge in [-0.05, 0) is 55.4 Å². The number of hydrogen-bond donors (Lipinski definition) is 2. The molecular formula is C32H38N4O2. The van der Waals surface area contributed by atoms with Crippen LogP contribution in [0.15, 0.2) is 77.8 Å². The Balaban J connectivity index is 1.78. The van der Waals surface area contributed by atoms with E-state index in [4.69, 9.17) is 4.99 Å². The van der Waals surface area contributed by atoms with Crippen LogP contribution >= 0.6 is 0 Å². The summed E-state index contributed by atoms with van der Waals surface area (Å²) in [5, 5.41) is 11.8. The SMILES string of the molecule is CCCCN(C)C(=O)c1ccc2[nH]c(O)c(C(=Nc3ccc(CN(CC)CC)cc3)c3ccccc3)c2c1. The van der Waals surface area contributed by atoms with Crippen LogP contribution in [0.1, 0.15) is 60.7 Å². The number of rotatable bonds is 11. The van der Waals surface area contributed by atoms with Crippen molar-refractivity contribution in [2.75, 3.05) is 26.7 Å². The maximum Gasteiger partial charge on any atom is 0.253 e. The van der Waals surface area contributed by atoms with E-state index in [0.29, 0.717) is 23.4 Å². The van der Waals surface area contributed by atoms with Crippen molar-refractivity contribution in [2.45, 2.75) is 40.2 Å². The molecule has 4 aromatic rings. The lowest BCUT2D eigenvalue weighted by Gasteiger charge is -2.18. The molecule has 0 spiro atoms. The topological polar surface area (TPSA) is 71.9 Å². The molecule has 198 valence electrons. The van der Waals surface area contributed by atoms with Gasteiger partial charge >= 0.3 is 0 Å². The van der Waals surface area contributed by atoms with Crippen molar-refractivity contribution < 1.29 is 9.90 Å². The van der Waals surface area contributed by atoms with Crippen LogP contribution in [0, 0.1) is 0 Å². The average Bonchev–Trinajstić information content (AvgIpc) is 3.28. The van der Waals surface area contributed by atoms with Crippen LogP contribution in [-0.2, 0) is 6.54 Å². The summed E-state index contributed by atoms with van der Waals surface area (Å²) in [5.74, 6) is -0.00123. The third-order valence-electron chi connectivity index (χ3n) is 6.98. The van der Waals surface area contributed by atoms with Gasteiger partial charge in [-0.25, -0.2) is 4.99 Å². The van der Waals surface area contributed by atoms with Gasteiger partial charge in [0.1, 0.15) is 0 Å². The van der Waals surface area contributed by atoms with E-state index in [9.17, 15) is 9.90 Å². The van der Waals surface area contributed by atoms with Gasteiger partial charge in [0.25, 0.3) is 5.91 Å². The van der Waals surface area contributed by atoms with Gasteiger partial charge in [0.2, 0.25) is 0 Å². The van der Waals surface area contributed by atoms with Gasteiger partial charge in [0.05, 0.1) is 17.0 Å². The van der Waals surface area contributed by atoms with E-state index in [-0.39, 0.29) is 11.8 Å². The summed E-state index contributed by atoms with van der Waals surface area (Å²) < 4.78 is 0. The number of nitrogens with zero attached hydrogens (tertiary/aromatic N) is 3. The Morgan fingerprint density at radius 2 is 1.63 bits per heavy atom. The number of hydrogen-bond acceptors (Lipinski definition) is 4. The highest BCUT2D eigenvalue weighted by molar-refractivity contribution is 6.22. The number of aromatic amines is 1. The van der Waals surface area contributed by atoms with E-state index in [2.05, 4.69) is 42.8 Å². The largest absolute Gasteiger partial charge is 0.494 e. The molecule has 6 heteroatoms. The first kappa shape index (κ1) is 27.1. The summed E-state index contributed by atoms with van der Waals surface area (Å²) in [7, 11) is 1.83. The second kappa shape index (κ2) is 12.6. The number of carbonyl (C=O) groups excluding carboxylic acids is 1. The Morgan fingerprint density at radius 1 is 0.921 bits per heavy atom. The second-order valence-electron chi connectivity index (χ2n) is 9.64. The van der Waals surface area contributed by atoms with Crippen molar-refractivity contribution in [2.24, 2.45) is 4.99 Å². The molecule has 2 N–H and O–H groups in total. The third kappa shape index (κ3) is 6.14. The molecule has 0 bridgehead atoms. The minimum atomic E-state index is -0.0334. The minimum Gasteiger partial charge on any atom is -0.494 e. The van der Waals surface area contributed by atoms with E-state index in [1.54, 1.807) is 11.0 Å². The van der Waals surface area contributed by atoms with E-state index in [1.165, 1.54) is 5.56 Å². The summed E-state index contributed by atoms with van der Waals surface area (Å²) in [6.07, 6.45) is 1.99. The predicted molar refractivity (Wildman–Crippen MR) is 157 cm³/mol. The van der Waals surface area contributed by atoms with E-state index in [0.717, 1.165) is 54.6 Å². The normalized spacial score (nSPS) is 11.9. The Labute approximate surface area is 225 Å². The van der Waals surface area contributed by atoms with Crippen LogP contribution in [0.2, 0.25) is 0 Å². The fourth-order valence-electron chi connectivity index (χ4n) is 4.64. The van der Waals surface area contributed by atoms with E-state index >= 15 is 0 Å². The molecule has 0 saturated heterocycles. The molecule has 0 fully saturated rings. The summed E-state index contributed by atoms with van der Waals surface area (Å²) in [6, 6.07) is 23.6. The number of H-pyrrole nitrogens is 1. The lowest BCUT2D eigenvalue weighted by atomic mass is 9.99. The first-order valence-electron chi connectivity index (χ1n) is 13.5. The Bertz CT molecular complexity index is 1390. The van der Waals surface area contributed by atoms with Crippen molar-refractivity contribution in [1.29, 1.82) is 0 Å². The maximum absolute atomic E-state index is 13.1. The zero-order valence-electron chi connectivity index (χ0n) is 22.9. The van der Waals surface area contributed by atoms with Gasteiger partial charge in [-0.3, -0.25) is 9.69 Å². The van der Waals surface area contributed by atoms with Crippen LogP contribution in [0.25, 0.3) is 10.9 Å². The molecule has 1 heterocycles. The number of aliphatic imine (C=N–C) groups is 1. The molecule has 0 saturated carbocycles. The van der Waals surface area contributed by atoms with Crippen molar-refractivity contribution in [3.05, 3.63) is 95.1 Å². The van der Waals surface area contributed by atoms with Crippen LogP contribution < -0.4 is 0 Å². The number of amides is 1. The molecular weight excluding hydrogens is 472 g/mol. The Kier molecular flexibility index (Phi) is 8.98. The smallest absolute Gasteiger partial charge is 0.253 e. The molecule has 38 heavy (non-hydrogen) atoms. The molecule has 0 aliphatic heterocycles. The first-order chi connectivity index (χ1) is 18.4. The lowest BCUT2D eigenvalue weighted by molar-refractivity contribution is 0.0793. The van der Waals surface area contributed by atoms with E-state index in [1.807, 2.05) is 61.6 Å². The number of fused-ring (bicyclic) bond motifs is 1. The van der Waals surface area contributed by atoms with E-state index < -0.39 is 0 Å². The fourth-order valence-corrected chi connectivity index (χ4v) is 4.64. The van der Waals surface area contributed by atoms with Gasteiger partial charge in [-0.2, -0.15) is 0 Å². The van der Waals surface area contributed by atoms with Gasteiger partial charge in [-0.1, -0.05) is 69.7 Å². The summed E-state index contributed by atoms with van der Waals surface area (Å²) >= 11 is 0. The highest BCUT2D eigenvalue weighted by atomic mass is 16.3. The summed E-state index contributed by atoms with van der Waals surface area (Å²) in [5.41, 5.74) is 5.49. The van der Waals surface area contributed by atoms with Crippen molar-refractivity contribution >= 4 is 28.2 Å². The number of carbonyl (C=O) groups is 1. The summed E-state index contributed by atoms with van der Waals surface area (Å²) in [4.78, 5) is 25.3. The molecule has 1 amide bonds. The van der Waals surface area contributed by atoms with Crippen molar-refractivity contribution in [1.82, 2.24) is 14.8 Å². The summed E-state index contributed by atoms with van der Waals surface area (Å²) in [6.45, 7) is 10.1. The molecule has 0 aliphatic rings. The highest BCUT2D eigenvalue weighted by Crippen LogP contribution is 2.32. The second-order valence-corrected chi connectivity index (χ2v) is 9.64. The third-order valence-corrected chi connectivity index (χ3v) is 6.98. The Morgan fingerprint density at radius 3 is 2.29 bits per heavy atom. The molecule has 0 atom stereocenters. The monoisotopic (exact) mass is 510 g/mol. The molecule has 0 unspecified atom stereocenters. The zero-order chi connectivity index (χ0) is 27.1. The first-order valence-corrected chi connectivity index (χ1v) is 13.5. The lowest BCUT2D eigenvalue weighted by Crippen LogP contribution is -2.27. The average molecular weight is 511 g/mol. The molecule has 6 nitrogen and oxygen atoms in total. The standard InChI is InChI=1S/C32H38N4O2/c1-5-8-20-35(4)32(38)25-16-19-28-27(21-25)29(31(37)34-28)30(24-12-10-9-11-13-24)33-26-17-14-23(15-18-26)22-36(6-2)7-3/h9-19,21,34,37H,5-8,20,22H2,1-4H3. The molecule has 0 radical (unpaired) electrons. The van der Waals surface area contributed by atoms with Crippen LogP contribution in [0.4, 0.5) is 5.69 Å². The number of benzene rings is 3. The van der Waals surface area contributed by atoms with Crippen molar-refractivity contribution in [3.8, 4) is 5.88 Å². The minimum absolute atomic E-state index is 0.0321. The van der Waals surface area contributed by atoms with Gasteiger partial charge < -0.3 is 15.0 Å². The van der Waals surface area contributed by atoms with Crippen molar-refractivity contribution in [3.63, 3.8) is 0 Å². The molecule has 0 aliphatic carbocycles. The Hall–Kier alpha value is -3.90. The van der Waals surface area contributed by atoms with Crippen LogP contribution in [0.5, 0.6) is 5.88 Å². The van der Waals surface area contributed by atoms with Crippen LogP contribution in [0.3, 0.4) is 0 Å². The van der Waals surface area contributed by atoms with Gasteiger partial charge in [0.15, 0.2) is 5.88 Å². The molecule has 3 aromatic carbocycles. The van der Waals surface area contributed by atoms with Gasteiger partial charge in [-0.15, -0.1) is 0 Å². The number of unbranched alkanes of at least 4 members (excludes halogenated alkanes) is 1. The molecule has 4 rings (SSSR count). The molecule has 1 aromatic heterocycles.